The molecule has 3 aromatic carbocycles. The minimum absolute atomic E-state index is 0.0768. The molecule has 156 valence electrons. The fourth-order valence-electron chi connectivity index (χ4n) is 3.98. The number of carbonyl (C=O) groups is 1. The first kappa shape index (κ1) is 20.2. The van der Waals surface area contributed by atoms with Crippen molar-refractivity contribution in [3.63, 3.8) is 0 Å². The standard InChI is InChI=1S/C23H23NO5S/c1-15-11-12-18(28-2)20(21(15)29-3)23(13-14-23)22(25)24-30(26,27)19-10-6-8-16-7-4-5-9-17(16)19/h4-12H,13-14H2,1-3H3,(H,24,25). The molecule has 6 nitrogen and oxygen atoms in total. The number of carbonyl (C=O) groups excluding carboxylic acids is 1. The smallest absolute Gasteiger partial charge is 0.264 e. The molecule has 0 spiro atoms. The van der Waals surface area contributed by atoms with Gasteiger partial charge in [-0.15, -0.1) is 0 Å². The second kappa shape index (κ2) is 7.32. The van der Waals surface area contributed by atoms with E-state index in [-0.39, 0.29) is 4.90 Å². The summed E-state index contributed by atoms with van der Waals surface area (Å²) in [5.74, 6) is 0.481. The van der Waals surface area contributed by atoms with Gasteiger partial charge in [-0.05, 0) is 42.8 Å². The van der Waals surface area contributed by atoms with E-state index in [1.807, 2.05) is 31.2 Å². The van der Waals surface area contributed by atoms with Crippen LogP contribution in [0.15, 0.2) is 59.5 Å². The number of rotatable bonds is 6. The van der Waals surface area contributed by atoms with Crippen molar-refractivity contribution in [1.82, 2.24) is 4.72 Å². The van der Waals surface area contributed by atoms with Crippen molar-refractivity contribution in [1.29, 1.82) is 0 Å². The van der Waals surface area contributed by atoms with Crippen LogP contribution in [0, 0.1) is 6.92 Å². The SMILES string of the molecule is COc1ccc(C)c(OC)c1C1(C(=O)NS(=O)(=O)c2cccc3ccccc23)CC1. The predicted octanol–water partition coefficient (Wildman–Crippen LogP) is 3.70. The van der Waals surface area contributed by atoms with Gasteiger partial charge in [0.2, 0.25) is 5.91 Å². The average Bonchev–Trinajstić information content (AvgIpc) is 3.54. The summed E-state index contributed by atoms with van der Waals surface area (Å²) < 4.78 is 39.6. The summed E-state index contributed by atoms with van der Waals surface area (Å²) in [4.78, 5) is 13.4. The van der Waals surface area contributed by atoms with E-state index in [2.05, 4.69) is 4.72 Å². The largest absolute Gasteiger partial charge is 0.496 e. The molecule has 1 N–H and O–H groups in total. The van der Waals surface area contributed by atoms with Crippen LogP contribution in [-0.4, -0.2) is 28.5 Å². The Labute approximate surface area is 175 Å². The number of sulfonamides is 1. The number of hydrogen-bond donors (Lipinski definition) is 1. The molecule has 0 heterocycles. The van der Waals surface area contributed by atoms with E-state index in [1.54, 1.807) is 24.3 Å². The molecule has 0 bridgehead atoms. The molecule has 1 saturated carbocycles. The van der Waals surface area contributed by atoms with Gasteiger partial charge < -0.3 is 9.47 Å². The number of benzene rings is 3. The molecule has 30 heavy (non-hydrogen) atoms. The second-order valence-electron chi connectivity index (χ2n) is 7.49. The van der Waals surface area contributed by atoms with Crippen LogP contribution in [0.3, 0.4) is 0 Å². The maximum atomic E-state index is 13.3. The van der Waals surface area contributed by atoms with Crippen LogP contribution in [0.2, 0.25) is 0 Å². The average molecular weight is 426 g/mol. The van der Waals surface area contributed by atoms with E-state index >= 15 is 0 Å². The third kappa shape index (κ3) is 3.19. The van der Waals surface area contributed by atoms with Crippen molar-refractivity contribution in [3.05, 3.63) is 65.7 Å². The number of aryl methyl sites for hydroxylation is 1. The number of ether oxygens (including phenoxy) is 2. The minimum Gasteiger partial charge on any atom is -0.496 e. The van der Waals surface area contributed by atoms with Gasteiger partial charge >= 0.3 is 0 Å². The van der Waals surface area contributed by atoms with E-state index < -0.39 is 21.3 Å². The molecule has 0 radical (unpaired) electrons. The number of amides is 1. The lowest BCUT2D eigenvalue weighted by molar-refractivity contribution is -0.121. The minimum atomic E-state index is -4.07. The maximum absolute atomic E-state index is 13.3. The number of fused-ring (bicyclic) bond motifs is 1. The highest BCUT2D eigenvalue weighted by atomic mass is 32.2. The van der Waals surface area contributed by atoms with Crippen molar-refractivity contribution in [2.45, 2.75) is 30.1 Å². The molecule has 0 aromatic heterocycles. The first-order chi connectivity index (χ1) is 14.3. The Morgan fingerprint density at radius 3 is 2.33 bits per heavy atom. The van der Waals surface area contributed by atoms with Crippen molar-refractivity contribution < 1.29 is 22.7 Å². The van der Waals surface area contributed by atoms with Gasteiger partial charge in [0, 0.05) is 5.39 Å². The molecule has 1 fully saturated rings. The molecular formula is C23H23NO5S. The summed E-state index contributed by atoms with van der Waals surface area (Å²) in [7, 11) is -1.01. The Hall–Kier alpha value is -3.06. The molecule has 1 aliphatic rings. The summed E-state index contributed by atoms with van der Waals surface area (Å²) in [6.45, 7) is 1.88. The highest BCUT2D eigenvalue weighted by Gasteiger charge is 2.55. The fraction of sp³-hybridized carbons (Fsp3) is 0.261. The third-order valence-corrected chi connectivity index (χ3v) is 7.06. The van der Waals surface area contributed by atoms with Crippen molar-refractivity contribution in [2.24, 2.45) is 0 Å². The van der Waals surface area contributed by atoms with Crippen LogP contribution in [0.5, 0.6) is 11.5 Å². The predicted molar refractivity (Wildman–Crippen MR) is 114 cm³/mol. The van der Waals surface area contributed by atoms with E-state index in [1.165, 1.54) is 20.3 Å². The van der Waals surface area contributed by atoms with Gasteiger partial charge in [0.1, 0.15) is 11.5 Å². The Bertz CT molecular complexity index is 1240. The molecule has 7 heteroatoms. The number of hydrogen-bond acceptors (Lipinski definition) is 5. The molecular weight excluding hydrogens is 402 g/mol. The molecule has 4 rings (SSSR count). The molecule has 0 saturated heterocycles. The molecule has 3 aromatic rings. The Balaban J connectivity index is 1.75. The van der Waals surface area contributed by atoms with Gasteiger partial charge in [-0.3, -0.25) is 4.79 Å². The lowest BCUT2D eigenvalue weighted by Crippen LogP contribution is -2.39. The fourth-order valence-corrected chi connectivity index (χ4v) is 5.26. The topological polar surface area (TPSA) is 81.7 Å². The maximum Gasteiger partial charge on any atom is 0.264 e. The van der Waals surface area contributed by atoms with Gasteiger partial charge in [0.15, 0.2) is 0 Å². The molecule has 0 unspecified atom stereocenters. The lowest BCUT2D eigenvalue weighted by atomic mass is 9.91. The Morgan fingerprint density at radius 2 is 1.67 bits per heavy atom. The van der Waals surface area contributed by atoms with Crippen LogP contribution in [0.1, 0.15) is 24.0 Å². The van der Waals surface area contributed by atoms with Crippen LogP contribution in [-0.2, 0) is 20.2 Å². The van der Waals surface area contributed by atoms with Gasteiger partial charge in [0.25, 0.3) is 10.0 Å². The highest BCUT2D eigenvalue weighted by Crippen LogP contribution is 2.55. The van der Waals surface area contributed by atoms with Crippen molar-refractivity contribution in [2.75, 3.05) is 14.2 Å². The van der Waals surface area contributed by atoms with E-state index in [4.69, 9.17) is 9.47 Å². The normalized spacial score (nSPS) is 14.9. The first-order valence-electron chi connectivity index (χ1n) is 9.61. The molecule has 0 aliphatic heterocycles. The zero-order valence-electron chi connectivity index (χ0n) is 17.1. The second-order valence-corrected chi connectivity index (χ2v) is 9.14. The van der Waals surface area contributed by atoms with Gasteiger partial charge in [0.05, 0.1) is 30.1 Å². The third-order valence-electron chi connectivity index (χ3n) is 5.67. The van der Waals surface area contributed by atoms with E-state index in [9.17, 15) is 13.2 Å². The first-order valence-corrected chi connectivity index (χ1v) is 11.1. The monoisotopic (exact) mass is 425 g/mol. The molecule has 1 amide bonds. The summed E-state index contributed by atoms with van der Waals surface area (Å²) in [5.41, 5.74) is 0.447. The summed E-state index contributed by atoms with van der Waals surface area (Å²) in [6, 6.07) is 15.8. The van der Waals surface area contributed by atoms with Crippen LogP contribution < -0.4 is 14.2 Å². The molecule has 1 aliphatic carbocycles. The number of methoxy groups -OCH3 is 2. The van der Waals surface area contributed by atoms with Crippen LogP contribution >= 0.6 is 0 Å². The van der Waals surface area contributed by atoms with Gasteiger partial charge in [-0.25, -0.2) is 13.1 Å². The van der Waals surface area contributed by atoms with Crippen LogP contribution in [0.25, 0.3) is 10.8 Å². The van der Waals surface area contributed by atoms with Crippen LogP contribution in [0.4, 0.5) is 0 Å². The lowest BCUT2D eigenvalue weighted by Gasteiger charge is -2.22. The van der Waals surface area contributed by atoms with E-state index in [0.29, 0.717) is 35.3 Å². The summed E-state index contributed by atoms with van der Waals surface area (Å²) in [6.07, 6.45) is 1.03. The van der Waals surface area contributed by atoms with Gasteiger partial charge in [-0.2, -0.15) is 0 Å². The van der Waals surface area contributed by atoms with Crippen molar-refractivity contribution in [3.8, 4) is 11.5 Å². The van der Waals surface area contributed by atoms with Gasteiger partial charge in [-0.1, -0.05) is 42.5 Å². The summed E-state index contributed by atoms with van der Waals surface area (Å²) >= 11 is 0. The zero-order chi connectivity index (χ0) is 21.5. The summed E-state index contributed by atoms with van der Waals surface area (Å²) in [5, 5.41) is 1.35. The van der Waals surface area contributed by atoms with E-state index in [0.717, 1.165) is 10.9 Å². The highest BCUT2D eigenvalue weighted by molar-refractivity contribution is 7.90. The quantitative estimate of drug-likeness (QED) is 0.651. The Kier molecular flexibility index (Phi) is 4.94. The number of nitrogens with one attached hydrogen (secondary N) is 1. The van der Waals surface area contributed by atoms with Crippen molar-refractivity contribution >= 4 is 26.7 Å². The molecule has 0 atom stereocenters. The Morgan fingerprint density at radius 1 is 0.967 bits per heavy atom. The zero-order valence-corrected chi connectivity index (χ0v) is 17.9.